The van der Waals surface area contributed by atoms with E-state index < -0.39 is 15.9 Å². The monoisotopic (exact) mass is 390 g/mol. The van der Waals surface area contributed by atoms with Gasteiger partial charge in [0, 0.05) is 37.1 Å². The summed E-state index contributed by atoms with van der Waals surface area (Å²) in [5.41, 5.74) is 0.266. The molecule has 0 spiro atoms. The van der Waals surface area contributed by atoms with E-state index in [1.165, 1.54) is 18.2 Å². The van der Waals surface area contributed by atoms with Crippen molar-refractivity contribution in [3.05, 3.63) is 47.9 Å². The van der Waals surface area contributed by atoms with Crippen LogP contribution < -0.4 is 10.2 Å². The van der Waals surface area contributed by atoms with Gasteiger partial charge in [0.15, 0.2) is 9.84 Å². The van der Waals surface area contributed by atoms with Crippen LogP contribution in [0.5, 0.6) is 0 Å². The predicted octanol–water partition coefficient (Wildman–Crippen LogP) is 0.558. The van der Waals surface area contributed by atoms with Crippen molar-refractivity contribution in [2.75, 3.05) is 24.2 Å². The highest BCUT2D eigenvalue weighted by Gasteiger charge is 2.28. The number of hydrogen-bond acceptors (Lipinski definition) is 7. The maximum absolute atomic E-state index is 12.6. The SMILES string of the molecule is Cc1nccc(N2C[C@H](O)C[C@H](NC(=O)c3cccc(S(C)(=O)=O)c3)C2)n1. The number of aliphatic hydroxyl groups excluding tert-OH is 1. The van der Waals surface area contributed by atoms with Crippen LogP contribution in [0.1, 0.15) is 22.6 Å². The first-order valence-corrected chi connectivity index (χ1v) is 10.4. The number of rotatable bonds is 4. The molecule has 2 atom stereocenters. The third-order valence-corrected chi connectivity index (χ3v) is 5.48. The van der Waals surface area contributed by atoms with Crippen LogP contribution in [0, 0.1) is 6.92 Å². The molecule has 27 heavy (non-hydrogen) atoms. The lowest BCUT2D eigenvalue weighted by molar-refractivity contribution is 0.0894. The Morgan fingerprint density at radius 3 is 2.78 bits per heavy atom. The lowest BCUT2D eigenvalue weighted by Gasteiger charge is -2.36. The summed E-state index contributed by atoms with van der Waals surface area (Å²) in [5, 5.41) is 13.1. The number of β-amino-alcohol motifs (C(OH)–C–C–N with tert-alkyl or cyclic N) is 1. The molecule has 1 fully saturated rings. The smallest absolute Gasteiger partial charge is 0.251 e. The van der Waals surface area contributed by atoms with Gasteiger partial charge in [-0.25, -0.2) is 18.4 Å². The summed E-state index contributed by atoms with van der Waals surface area (Å²) >= 11 is 0. The minimum atomic E-state index is -3.39. The Bertz CT molecular complexity index is 948. The molecule has 9 heteroatoms. The Labute approximate surface area is 158 Å². The first-order valence-electron chi connectivity index (χ1n) is 8.56. The number of piperidine rings is 1. The van der Waals surface area contributed by atoms with E-state index in [0.29, 0.717) is 31.2 Å². The van der Waals surface area contributed by atoms with E-state index in [4.69, 9.17) is 0 Å². The molecule has 2 heterocycles. The van der Waals surface area contributed by atoms with E-state index in [9.17, 15) is 18.3 Å². The Hall–Kier alpha value is -2.52. The molecule has 1 aliphatic heterocycles. The fourth-order valence-corrected chi connectivity index (χ4v) is 3.79. The number of aromatic nitrogens is 2. The Balaban J connectivity index is 1.74. The van der Waals surface area contributed by atoms with E-state index >= 15 is 0 Å². The van der Waals surface area contributed by atoms with Gasteiger partial charge in [0.1, 0.15) is 11.6 Å². The Morgan fingerprint density at radius 2 is 2.07 bits per heavy atom. The molecule has 1 saturated heterocycles. The van der Waals surface area contributed by atoms with Crippen molar-refractivity contribution in [3.8, 4) is 0 Å². The van der Waals surface area contributed by atoms with Crippen LogP contribution in [0.4, 0.5) is 5.82 Å². The van der Waals surface area contributed by atoms with Gasteiger partial charge < -0.3 is 15.3 Å². The lowest BCUT2D eigenvalue weighted by Crippen LogP contribution is -2.53. The fourth-order valence-electron chi connectivity index (χ4n) is 3.12. The van der Waals surface area contributed by atoms with E-state index in [1.807, 2.05) is 4.90 Å². The minimum Gasteiger partial charge on any atom is -0.391 e. The molecule has 1 aromatic carbocycles. The summed E-state index contributed by atoms with van der Waals surface area (Å²) in [5.74, 6) is 0.948. The third kappa shape index (κ3) is 4.81. The number of amides is 1. The molecule has 0 bridgehead atoms. The highest BCUT2D eigenvalue weighted by atomic mass is 32.2. The molecule has 3 rings (SSSR count). The molecule has 0 radical (unpaired) electrons. The second kappa shape index (κ2) is 7.61. The normalized spacial score (nSPS) is 20.3. The molecule has 8 nitrogen and oxygen atoms in total. The molecule has 2 aromatic rings. The van der Waals surface area contributed by atoms with Crippen molar-refractivity contribution in [2.24, 2.45) is 0 Å². The number of anilines is 1. The van der Waals surface area contributed by atoms with Crippen molar-refractivity contribution in [1.29, 1.82) is 0 Å². The molecule has 0 saturated carbocycles. The van der Waals surface area contributed by atoms with Crippen molar-refractivity contribution in [2.45, 2.75) is 30.4 Å². The molecule has 2 N–H and O–H groups in total. The van der Waals surface area contributed by atoms with Crippen molar-refractivity contribution in [3.63, 3.8) is 0 Å². The van der Waals surface area contributed by atoms with Crippen LogP contribution in [0.2, 0.25) is 0 Å². The predicted molar refractivity (Wildman–Crippen MR) is 100 cm³/mol. The van der Waals surface area contributed by atoms with Gasteiger partial charge in [-0.05, 0) is 37.6 Å². The first kappa shape index (κ1) is 19.2. The molecule has 144 valence electrons. The lowest BCUT2D eigenvalue weighted by atomic mass is 10.0. The van der Waals surface area contributed by atoms with Crippen molar-refractivity contribution >= 4 is 21.6 Å². The number of nitrogens with zero attached hydrogens (tertiary/aromatic N) is 3. The topological polar surface area (TPSA) is 112 Å². The van der Waals surface area contributed by atoms with Gasteiger partial charge in [0.2, 0.25) is 0 Å². The fraction of sp³-hybridized carbons (Fsp3) is 0.389. The second-order valence-corrected chi connectivity index (χ2v) is 8.74. The number of hydrogen-bond donors (Lipinski definition) is 2. The third-order valence-electron chi connectivity index (χ3n) is 4.37. The number of sulfone groups is 1. The minimum absolute atomic E-state index is 0.0944. The molecular formula is C18H22N4O4S. The summed E-state index contributed by atoms with van der Waals surface area (Å²) in [6.45, 7) is 2.70. The van der Waals surface area contributed by atoms with Gasteiger partial charge in [-0.2, -0.15) is 0 Å². The number of nitrogens with one attached hydrogen (secondary N) is 1. The van der Waals surface area contributed by atoms with Gasteiger partial charge in [0.25, 0.3) is 5.91 Å². The van der Waals surface area contributed by atoms with Crippen LogP contribution in [0.25, 0.3) is 0 Å². The van der Waals surface area contributed by atoms with E-state index in [-0.39, 0.29) is 22.4 Å². The summed E-state index contributed by atoms with van der Waals surface area (Å²) in [7, 11) is -3.39. The van der Waals surface area contributed by atoms with E-state index in [0.717, 1.165) is 6.26 Å². The summed E-state index contributed by atoms with van der Waals surface area (Å²) in [6.07, 6.45) is 2.56. The number of carbonyl (C=O) groups is 1. The second-order valence-electron chi connectivity index (χ2n) is 6.73. The van der Waals surface area contributed by atoms with E-state index in [2.05, 4.69) is 15.3 Å². The Kier molecular flexibility index (Phi) is 5.43. The molecule has 1 aromatic heterocycles. The zero-order chi connectivity index (χ0) is 19.6. The molecule has 1 aliphatic rings. The molecular weight excluding hydrogens is 368 g/mol. The van der Waals surface area contributed by atoms with Crippen LogP contribution in [-0.2, 0) is 9.84 Å². The zero-order valence-corrected chi connectivity index (χ0v) is 16.0. The van der Waals surface area contributed by atoms with Crippen molar-refractivity contribution in [1.82, 2.24) is 15.3 Å². The summed E-state index contributed by atoms with van der Waals surface area (Å²) in [4.78, 5) is 23.0. The Morgan fingerprint density at radius 1 is 1.30 bits per heavy atom. The summed E-state index contributed by atoms with van der Waals surface area (Å²) in [6, 6.07) is 7.38. The van der Waals surface area contributed by atoms with Gasteiger partial charge in [-0.15, -0.1) is 0 Å². The molecule has 1 amide bonds. The summed E-state index contributed by atoms with van der Waals surface area (Å²) < 4.78 is 23.4. The maximum atomic E-state index is 12.6. The maximum Gasteiger partial charge on any atom is 0.251 e. The van der Waals surface area contributed by atoms with Gasteiger partial charge in [-0.3, -0.25) is 4.79 Å². The first-order chi connectivity index (χ1) is 12.7. The van der Waals surface area contributed by atoms with Crippen LogP contribution in [-0.4, -0.2) is 60.9 Å². The van der Waals surface area contributed by atoms with Crippen LogP contribution in [0.3, 0.4) is 0 Å². The molecule has 0 unspecified atom stereocenters. The zero-order valence-electron chi connectivity index (χ0n) is 15.2. The standard InChI is InChI=1S/C18H22N4O4S/c1-12-19-7-6-17(20-12)22-10-14(9-15(23)11-22)21-18(24)13-4-3-5-16(8-13)27(2,25)26/h3-8,14-15,23H,9-11H2,1-2H3,(H,21,24)/t14-,15+/m0/s1. The highest BCUT2D eigenvalue weighted by molar-refractivity contribution is 7.90. The van der Waals surface area contributed by atoms with Gasteiger partial charge in [0.05, 0.1) is 11.0 Å². The molecule has 0 aliphatic carbocycles. The van der Waals surface area contributed by atoms with Gasteiger partial charge >= 0.3 is 0 Å². The van der Waals surface area contributed by atoms with Crippen LogP contribution >= 0.6 is 0 Å². The van der Waals surface area contributed by atoms with Crippen molar-refractivity contribution < 1.29 is 18.3 Å². The highest BCUT2D eigenvalue weighted by Crippen LogP contribution is 2.19. The van der Waals surface area contributed by atoms with Crippen LogP contribution in [0.15, 0.2) is 41.4 Å². The quantitative estimate of drug-likeness (QED) is 0.784. The van der Waals surface area contributed by atoms with Gasteiger partial charge in [-0.1, -0.05) is 6.07 Å². The van der Waals surface area contributed by atoms with E-state index in [1.54, 1.807) is 25.3 Å². The average Bonchev–Trinajstić information content (AvgIpc) is 2.60. The largest absolute Gasteiger partial charge is 0.391 e. The number of benzene rings is 1. The number of carbonyl (C=O) groups excluding carboxylic acids is 1. The average molecular weight is 390 g/mol. The number of aryl methyl sites for hydroxylation is 1. The number of aliphatic hydroxyl groups is 1.